The zero-order valence-corrected chi connectivity index (χ0v) is 15.9. The third-order valence-electron chi connectivity index (χ3n) is 4.83. The maximum absolute atomic E-state index is 12.0. The number of benzene rings is 2. The Morgan fingerprint density at radius 3 is 2.37 bits per heavy atom. The molecular weight excluding hydrogens is 364 g/mol. The van der Waals surface area contributed by atoms with E-state index >= 15 is 0 Å². The van der Waals surface area contributed by atoms with Gasteiger partial charge in [0, 0.05) is 12.1 Å². The zero-order valence-electron chi connectivity index (χ0n) is 15.1. The molecule has 27 heavy (non-hydrogen) atoms. The van der Waals surface area contributed by atoms with Crippen molar-refractivity contribution in [1.29, 1.82) is 0 Å². The number of sulfonamides is 1. The number of primary sulfonamides is 1. The van der Waals surface area contributed by atoms with Crippen LogP contribution >= 0.6 is 0 Å². The predicted octanol–water partition coefficient (Wildman–Crippen LogP) is 3.67. The Morgan fingerprint density at radius 1 is 1.04 bits per heavy atom. The van der Waals surface area contributed by atoms with Gasteiger partial charge in [0.25, 0.3) is 0 Å². The normalized spacial score (nSPS) is 15.3. The highest BCUT2D eigenvalue weighted by Crippen LogP contribution is 2.28. The van der Waals surface area contributed by atoms with Gasteiger partial charge < -0.3 is 10.1 Å². The Kier molecular flexibility index (Phi) is 6.13. The second-order valence-electron chi connectivity index (χ2n) is 6.84. The van der Waals surface area contributed by atoms with Crippen molar-refractivity contribution in [3.8, 4) is 16.9 Å². The largest absolute Gasteiger partial charge is 0.412 e. The summed E-state index contributed by atoms with van der Waals surface area (Å²) < 4.78 is 28.8. The van der Waals surface area contributed by atoms with Crippen LogP contribution < -0.4 is 15.2 Å². The molecule has 0 bridgehead atoms. The fourth-order valence-electron chi connectivity index (χ4n) is 3.42. The molecule has 0 aromatic heterocycles. The van der Waals surface area contributed by atoms with E-state index in [1.165, 1.54) is 25.3 Å². The summed E-state index contributed by atoms with van der Waals surface area (Å²) in [5, 5.41) is 8.10. The maximum atomic E-state index is 12.0. The van der Waals surface area contributed by atoms with E-state index in [4.69, 9.17) is 9.88 Å². The van der Waals surface area contributed by atoms with E-state index in [-0.39, 0.29) is 4.90 Å². The van der Waals surface area contributed by atoms with Crippen LogP contribution in [0.25, 0.3) is 11.1 Å². The molecule has 3 rings (SSSR count). The van der Waals surface area contributed by atoms with Gasteiger partial charge in [-0.3, -0.25) is 0 Å². The number of hydrogen-bond acceptors (Lipinski definition) is 4. The van der Waals surface area contributed by atoms with Gasteiger partial charge in [0.15, 0.2) is 0 Å². The first kappa shape index (κ1) is 19.4. The lowest BCUT2D eigenvalue weighted by Gasteiger charge is -2.21. The number of nitrogens with two attached hydrogens (primary N) is 1. The third-order valence-corrected chi connectivity index (χ3v) is 5.80. The second kappa shape index (κ2) is 8.54. The van der Waals surface area contributed by atoms with Gasteiger partial charge in [-0.2, -0.15) is 0 Å². The molecule has 1 fully saturated rings. The lowest BCUT2D eigenvalue weighted by atomic mass is 9.89. The highest BCUT2D eigenvalue weighted by Gasteiger charge is 2.16. The summed E-state index contributed by atoms with van der Waals surface area (Å²) in [6.45, 7) is 0.638. The monoisotopic (exact) mass is 388 g/mol. The second-order valence-corrected chi connectivity index (χ2v) is 8.37. The summed E-state index contributed by atoms with van der Waals surface area (Å²) in [7, 11) is -3.82. The molecule has 0 unspecified atom stereocenters. The fraction of sp³-hybridized carbons (Fsp3) is 0.350. The summed E-state index contributed by atoms with van der Waals surface area (Å²) in [6.07, 6.45) is 5.56. The summed E-state index contributed by atoms with van der Waals surface area (Å²) in [5.41, 5.74) is 1.18. The molecule has 0 radical (unpaired) electrons. The van der Waals surface area contributed by atoms with Gasteiger partial charge in [-0.15, -0.1) is 0 Å². The van der Waals surface area contributed by atoms with Crippen LogP contribution in [-0.2, 0) is 10.0 Å². The molecule has 1 aliphatic carbocycles. The first-order chi connectivity index (χ1) is 12.9. The van der Waals surface area contributed by atoms with Crippen molar-refractivity contribution in [1.82, 2.24) is 5.32 Å². The number of amides is 1. The molecule has 3 N–H and O–H groups in total. The molecule has 1 saturated carbocycles. The minimum absolute atomic E-state index is 0.0592. The van der Waals surface area contributed by atoms with Crippen molar-refractivity contribution in [2.45, 2.75) is 37.0 Å². The molecule has 1 amide bonds. The van der Waals surface area contributed by atoms with E-state index in [9.17, 15) is 13.2 Å². The molecule has 0 saturated heterocycles. The van der Waals surface area contributed by atoms with Gasteiger partial charge in [-0.25, -0.2) is 18.4 Å². The van der Waals surface area contributed by atoms with Crippen LogP contribution in [-0.4, -0.2) is 21.1 Å². The Labute approximate surface area is 159 Å². The molecule has 0 atom stereocenters. The fourth-order valence-corrected chi connectivity index (χ4v) is 4.18. The molecule has 0 aliphatic heterocycles. The third kappa shape index (κ3) is 5.30. The maximum Gasteiger partial charge on any atom is 0.412 e. The van der Waals surface area contributed by atoms with Gasteiger partial charge in [0.1, 0.15) is 5.75 Å². The van der Waals surface area contributed by atoms with E-state index in [2.05, 4.69) is 5.32 Å². The quantitative estimate of drug-likeness (QED) is 0.816. The predicted molar refractivity (Wildman–Crippen MR) is 104 cm³/mol. The van der Waals surface area contributed by atoms with Crippen LogP contribution in [0.15, 0.2) is 53.4 Å². The van der Waals surface area contributed by atoms with Crippen LogP contribution in [0.3, 0.4) is 0 Å². The van der Waals surface area contributed by atoms with Gasteiger partial charge in [0.05, 0.1) is 4.90 Å². The van der Waals surface area contributed by atoms with E-state index in [1.807, 2.05) is 0 Å². The topological polar surface area (TPSA) is 98.5 Å². The molecule has 0 spiro atoms. The Hall–Kier alpha value is -2.38. The van der Waals surface area contributed by atoms with E-state index < -0.39 is 16.1 Å². The number of rotatable bonds is 5. The minimum Gasteiger partial charge on any atom is -0.410 e. The highest BCUT2D eigenvalue weighted by atomic mass is 32.2. The SMILES string of the molecule is NS(=O)(=O)c1ccccc1-c1ccc(OC(=O)NCC2CCCCC2)cc1. The minimum atomic E-state index is -3.82. The van der Waals surface area contributed by atoms with Crippen molar-refractivity contribution >= 4 is 16.1 Å². The summed E-state index contributed by atoms with van der Waals surface area (Å²) in [5.74, 6) is 0.927. The van der Waals surface area contributed by atoms with Gasteiger partial charge >= 0.3 is 6.09 Å². The van der Waals surface area contributed by atoms with E-state index in [0.29, 0.717) is 29.3 Å². The molecule has 0 heterocycles. The Bertz CT molecular complexity index is 888. The summed E-state index contributed by atoms with van der Waals surface area (Å²) >= 11 is 0. The summed E-state index contributed by atoms with van der Waals surface area (Å²) in [6, 6.07) is 13.2. The van der Waals surface area contributed by atoms with E-state index in [1.54, 1.807) is 42.5 Å². The van der Waals surface area contributed by atoms with Crippen LogP contribution in [0.5, 0.6) is 5.75 Å². The van der Waals surface area contributed by atoms with E-state index in [0.717, 1.165) is 12.8 Å². The highest BCUT2D eigenvalue weighted by molar-refractivity contribution is 7.89. The number of hydrogen-bond donors (Lipinski definition) is 2. The number of ether oxygens (including phenoxy) is 1. The van der Waals surface area contributed by atoms with Crippen molar-refractivity contribution in [2.75, 3.05) is 6.54 Å². The molecule has 2 aromatic rings. The first-order valence-electron chi connectivity index (χ1n) is 9.11. The van der Waals surface area contributed by atoms with Gasteiger partial charge in [0.2, 0.25) is 10.0 Å². The smallest absolute Gasteiger partial charge is 0.410 e. The van der Waals surface area contributed by atoms with Crippen LogP contribution in [0.1, 0.15) is 32.1 Å². The average Bonchev–Trinajstić information content (AvgIpc) is 2.67. The molecule has 1 aliphatic rings. The average molecular weight is 388 g/mol. The van der Waals surface area contributed by atoms with Crippen LogP contribution in [0.4, 0.5) is 4.79 Å². The van der Waals surface area contributed by atoms with Crippen molar-refractivity contribution in [3.05, 3.63) is 48.5 Å². The number of carbonyl (C=O) groups excluding carboxylic acids is 1. The van der Waals surface area contributed by atoms with Crippen molar-refractivity contribution < 1.29 is 17.9 Å². The molecule has 7 heteroatoms. The lowest BCUT2D eigenvalue weighted by molar-refractivity contribution is 0.196. The standard InChI is InChI=1S/C20H24N2O4S/c21-27(24,25)19-9-5-4-8-18(19)16-10-12-17(13-11-16)26-20(23)22-14-15-6-2-1-3-7-15/h4-5,8-13,15H,1-3,6-7,14H2,(H,22,23)(H2,21,24,25). The van der Waals surface area contributed by atoms with Crippen molar-refractivity contribution in [3.63, 3.8) is 0 Å². The molecular formula is C20H24N2O4S. The molecule has 6 nitrogen and oxygen atoms in total. The van der Waals surface area contributed by atoms with Gasteiger partial charge in [-0.1, -0.05) is 49.6 Å². The first-order valence-corrected chi connectivity index (χ1v) is 10.7. The Morgan fingerprint density at radius 2 is 1.70 bits per heavy atom. The molecule has 144 valence electrons. The number of nitrogens with one attached hydrogen (secondary N) is 1. The number of carbonyl (C=O) groups is 1. The van der Waals surface area contributed by atoms with Crippen LogP contribution in [0, 0.1) is 5.92 Å². The zero-order chi connectivity index (χ0) is 19.3. The van der Waals surface area contributed by atoms with Gasteiger partial charge in [-0.05, 0) is 42.5 Å². The van der Waals surface area contributed by atoms with Crippen molar-refractivity contribution in [2.24, 2.45) is 11.1 Å². The Balaban J connectivity index is 1.63. The molecule has 2 aromatic carbocycles. The lowest BCUT2D eigenvalue weighted by Crippen LogP contribution is -2.32. The summed E-state index contributed by atoms with van der Waals surface area (Å²) in [4.78, 5) is 12.0. The van der Waals surface area contributed by atoms with Crippen LogP contribution in [0.2, 0.25) is 0 Å².